The highest BCUT2D eigenvalue weighted by molar-refractivity contribution is 9.11. The molecule has 1 aromatic rings. The van der Waals surface area contributed by atoms with Gasteiger partial charge < -0.3 is 5.32 Å². The van der Waals surface area contributed by atoms with E-state index in [0.29, 0.717) is 29.3 Å². The lowest BCUT2D eigenvalue weighted by Gasteiger charge is -2.33. The van der Waals surface area contributed by atoms with Gasteiger partial charge in [0.25, 0.3) is 10.0 Å². The van der Waals surface area contributed by atoms with E-state index in [1.54, 1.807) is 16.4 Å². The van der Waals surface area contributed by atoms with E-state index in [0.717, 1.165) is 23.2 Å². The molecule has 2 fully saturated rings. The molecule has 0 saturated carbocycles. The van der Waals surface area contributed by atoms with Gasteiger partial charge in [-0.25, -0.2) is 8.42 Å². The summed E-state index contributed by atoms with van der Waals surface area (Å²) in [5.41, 5.74) is 0. The van der Waals surface area contributed by atoms with Crippen molar-refractivity contribution in [1.82, 2.24) is 9.62 Å². The molecule has 4 nitrogen and oxygen atoms in total. The summed E-state index contributed by atoms with van der Waals surface area (Å²) in [6, 6.07) is 4.00. The van der Waals surface area contributed by atoms with Gasteiger partial charge >= 0.3 is 0 Å². The summed E-state index contributed by atoms with van der Waals surface area (Å²) >= 11 is 4.60. The quantitative estimate of drug-likeness (QED) is 0.885. The van der Waals surface area contributed by atoms with Gasteiger partial charge in [0.05, 0.1) is 3.79 Å². The topological polar surface area (TPSA) is 49.4 Å². The lowest BCUT2D eigenvalue weighted by molar-refractivity contribution is 0.247. The number of nitrogens with zero attached hydrogens (tertiary/aromatic N) is 1. The smallest absolute Gasteiger partial charge is 0.252 e. The molecule has 0 aromatic carbocycles. The number of piperidine rings is 1. The Balaban J connectivity index is 1.82. The van der Waals surface area contributed by atoms with Crippen molar-refractivity contribution in [2.24, 2.45) is 5.92 Å². The number of nitrogens with one attached hydrogen (secondary N) is 1. The van der Waals surface area contributed by atoms with E-state index in [4.69, 9.17) is 0 Å². The largest absolute Gasteiger partial charge is 0.314 e. The van der Waals surface area contributed by atoms with Crippen molar-refractivity contribution in [3.05, 3.63) is 15.9 Å². The number of fused-ring (bicyclic) bond motifs is 1. The molecular formula is C11H15BrN2O2S2. The Kier molecular flexibility index (Phi) is 3.53. The van der Waals surface area contributed by atoms with Crippen LogP contribution in [-0.4, -0.2) is 38.4 Å². The predicted molar refractivity (Wildman–Crippen MR) is 75.3 cm³/mol. The lowest BCUT2D eigenvalue weighted by Crippen LogP contribution is -2.46. The Morgan fingerprint density at radius 3 is 2.94 bits per heavy atom. The van der Waals surface area contributed by atoms with E-state index in [9.17, 15) is 8.42 Å². The first-order valence-electron chi connectivity index (χ1n) is 6.06. The maximum absolute atomic E-state index is 12.5. The molecule has 0 spiro atoms. The number of halogens is 1. The molecule has 0 amide bonds. The summed E-state index contributed by atoms with van der Waals surface area (Å²) in [4.78, 5) is 0. The molecule has 3 rings (SSSR count). The second kappa shape index (κ2) is 4.86. The monoisotopic (exact) mass is 350 g/mol. The van der Waals surface area contributed by atoms with Crippen LogP contribution in [0.3, 0.4) is 0 Å². The Bertz CT molecular complexity index is 543. The number of hydrogen-bond acceptors (Lipinski definition) is 4. The third-order valence-electron chi connectivity index (χ3n) is 3.76. The van der Waals surface area contributed by atoms with Gasteiger partial charge in [-0.05, 0) is 53.4 Å². The molecule has 2 unspecified atom stereocenters. The Morgan fingerprint density at radius 2 is 2.22 bits per heavy atom. The third-order valence-corrected chi connectivity index (χ3v) is 7.72. The molecule has 100 valence electrons. The van der Waals surface area contributed by atoms with E-state index in [2.05, 4.69) is 21.2 Å². The van der Waals surface area contributed by atoms with Crippen LogP contribution in [0.2, 0.25) is 0 Å². The second-order valence-corrected chi connectivity index (χ2v) is 9.45. The average Bonchev–Trinajstić information content (AvgIpc) is 2.96. The van der Waals surface area contributed by atoms with Gasteiger partial charge in [0.15, 0.2) is 0 Å². The Morgan fingerprint density at radius 1 is 1.39 bits per heavy atom. The van der Waals surface area contributed by atoms with Crippen LogP contribution in [0.1, 0.15) is 12.8 Å². The molecule has 0 bridgehead atoms. The fourth-order valence-corrected chi connectivity index (χ4v) is 6.47. The average molecular weight is 351 g/mol. The standard InChI is InChI=1S/C11H15BrN2O2S2/c12-10-1-2-11(17-10)18(15,16)14-6-4-9-8(7-14)3-5-13-9/h1-2,8-9,13H,3-7H2. The van der Waals surface area contributed by atoms with Crippen LogP contribution in [0, 0.1) is 5.92 Å². The summed E-state index contributed by atoms with van der Waals surface area (Å²) in [5, 5.41) is 3.45. The predicted octanol–water partition coefficient (Wildman–Crippen LogP) is 1.88. The van der Waals surface area contributed by atoms with E-state index < -0.39 is 10.0 Å². The lowest BCUT2D eigenvalue weighted by atomic mass is 9.95. The second-order valence-electron chi connectivity index (χ2n) is 4.82. The van der Waals surface area contributed by atoms with Crippen molar-refractivity contribution in [3.63, 3.8) is 0 Å². The van der Waals surface area contributed by atoms with Crippen molar-refractivity contribution in [2.75, 3.05) is 19.6 Å². The highest BCUT2D eigenvalue weighted by Crippen LogP contribution is 2.32. The van der Waals surface area contributed by atoms with Crippen LogP contribution in [0.15, 0.2) is 20.1 Å². The van der Waals surface area contributed by atoms with Crippen LogP contribution in [0.5, 0.6) is 0 Å². The molecule has 1 N–H and O–H groups in total. The van der Waals surface area contributed by atoms with Gasteiger partial charge in [-0.1, -0.05) is 0 Å². The minimum Gasteiger partial charge on any atom is -0.314 e. The van der Waals surface area contributed by atoms with Crippen LogP contribution < -0.4 is 5.32 Å². The summed E-state index contributed by atoms with van der Waals surface area (Å²) in [7, 11) is -3.29. The fraction of sp³-hybridized carbons (Fsp3) is 0.636. The van der Waals surface area contributed by atoms with Gasteiger partial charge in [0.2, 0.25) is 0 Å². The summed E-state index contributed by atoms with van der Waals surface area (Å²) in [6.45, 7) is 2.31. The minimum atomic E-state index is -3.29. The molecule has 0 aliphatic carbocycles. The Hall–Kier alpha value is 0.0500. The van der Waals surface area contributed by atoms with Crippen molar-refractivity contribution in [2.45, 2.75) is 23.1 Å². The summed E-state index contributed by atoms with van der Waals surface area (Å²) in [5.74, 6) is 0.483. The zero-order chi connectivity index (χ0) is 12.8. The van der Waals surface area contributed by atoms with Gasteiger partial charge in [-0.3, -0.25) is 0 Å². The SMILES string of the molecule is O=S(=O)(c1ccc(Br)s1)N1CCC2NCCC2C1. The van der Waals surface area contributed by atoms with E-state index in [1.807, 2.05) is 0 Å². The van der Waals surface area contributed by atoms with Crippen LogP contribution in [0.25, 0.3) is 0 Å². The zero-order valence-electron chi connectivity index (χ0n) is 9.80. The number of rotatable bonds is 2. The van der Waals surface area contributed by atoms with E-state index in [-0.39, 0.29) is 0 Å². The van der Waals surface area contributed by atoms with Crippen molar-refractivity contribution < 1.29 is 8.42 Å². The molecule has 2 aliphatic rings. The van der Waals surface area contributed by atoms with Gasteiger partial charge in [0, 0.05) is 19.1 Å². The summed E-state index contributed by atoms with van der Waals surface area (Å²) < 4.78 is 27.9. The van der Waals surface area contributed by atoms with Crippen molar-refractivity contribution >= 4 is 37.3 Å². The van der Waals surface area contributed by atoms with E-state index >= 15 is 0 Å². The van der Waals surface area contributed by atoms with Crippen LogP contribution >= 0.6 is 27.3 Å². The molecule has 7 heteroatoms. The first-order valence-corrected chi connectivity index (χ1v) is 9.11. The van der Waals surface area contributed by atoms with E-state index in [1.165, 1.54) is 11.3 Å². The fourth-order valence-electron chi connectivity index (χ4n) is 2.80. The van der Waals surface area contributed by atoms with Gasteiger partial charge in [-0.2, -0.15) is 4.31 Å². The summed E-state index contributed by atoms with van der Waals surface area (Å²) in [6.07, 6.45) is 2.02. The molecular weight excluding hydrogens is 336 g/mol. The zero-order valence-corrected chi connectivity index (χ0v) is 13.0. The Labute approximate surface area is 120 Å². The maximum atomic E-state index is 12.5. The van der Waals surface area contributed by atoms with Gasteiger partial charge in [0.1, 0.15) is 4.21 Å². The molecule has 1 aromatic heterocycles. The first-order chi connectivity index (χ1) is 8.57. The molecule has 2 atom stereocenters. The van der Waals surface area contributed by atoms with Gasteiger partial charge in [-0.15, -0.1) is 11.3 Å². The van der Waals surface area contributed by atoms with Crippen molar-refractivity contribution in [3.8, 4) is 0 Å². The third kappa shape index (κ3) is 2.27. The molecule has 2 aliphatic heterocycles. The molecule has 0 radical (unpaired) electrons. The highest BCUT2D eigenvalue weighted by atomic mass is 79.9. The van der Waals surface area contributed by atoms with Crippen LogP contribution in [-0.2, 0) is 10.0 Å². The number of thiophene rings is 1. The maximum Gasteiger partial charge on any atom is 0.252 e. The molecule has 18 heavy (non-hydrogen) atoms. The van der Waals surface area contributed by atoms with Crippen molar-refractivity contribution in [1.29, 1.82) is 0 Å². The molecule has 2 saturated heterocycles. The highest BCUT2D eigenvalue weighted by Gasteiger charge is 2.38. The molecule has 3 heterocycles. The van der Waals surface area contributed by atoms with Crippen LogP contribution in [0.4, 0.5) is 0 Å². The normalized spacial score (nSPS) is 29.4. The minimum absolute atomic E-state index is 0.443. The first kappa shape index (κ1) is 13.1. The number of hydrogen-bond donors (Lipinski definition) is 1. The number of sulfonamides is 1.